The fourth-order valence-corrected chi connectivity index (χ4v) is 2.79. The Morgan fingerprint density at radius 2 is 2.09 bits per heavy atom. The van der Waals surface area contributed by atoms with E-state index in [2.05, 4.69) is 4.98 Å². The summed E-state index contributed by atoms with van der Waals surface area (Å²) in [6, 6.07) is 2.87. The molecule has 7 nitrogen and oxygen atoms in total. The van der Waals surface area contributed by atoms with Crippen LogP contribution in [0, 0.1) is 5.41 Å². The lowest BCUT2D eigenvalue weighted by molar-refractivity contribution is -0.0230. The van der Waals surface area contributed by atoms with Crippen molar-refractivity contribution in [1.82, 2.24) is 4.98 Å². The van der Waals surface area contributed by atoms with Crippen molar-refractivity contribution < 1.29 is 20.1 Å². The van der Waals surface area contributed by atoms with Gasteiger partial charge >= 0.3 is 0 Å². The molecule has 4 atom stereocenters. The zero-order valence-corrected chi connectivity index (χ0v) is 13.2. The molecule has 1 aromatic heterocycles. The smallest absolute Gasteiger partial charge is 0.248 e. The lowest BCUT2D eigenvalue weighted by atomic mass is 9.97. The molecule has 0 bridgehead atoms. The van der Waals surface area contributed by atoms with Crippen molar-refractivity contribution in [2.75, 3.05) is 6.61 Å². The topological polar surface area (TPSA) is 127 Å². The van der Waals surface area contributed by atoms with Gasteiger partial charge in [0.2, 0.25) is 5.56 Å². The lowest BCUT2D eigenvalue weighted by Crippen LogP contribution is -2.32. The van der Waals surface area contributed by atoms with E-state index < -0.39 is 31.0 Å². The van der Waals surface area contributed by atoms with Crippen LogP contribution in [0.3, 0.4) is 0 Å². The highest BCUT2D eigenvalue weighted by molar-refractivity contribution is 5.83. The molecule has 1 saturated heterocycles. The van der Waals surface area contributed by atoms with E-state index in [1.54, 1.807) is 6.07 Å². The van der Waals surface area contributed by atoms with Gasteiger partial charge < -0.3 is 30.4 Å². The highest BCUT2D eigenvalue weighted by atomic mass is 16.6. The molecule has 0 aromatic carbocycles. The number of aromatic amines is 1. The molecular formula is C16H24N2O5. The maximum absolute atomic E-state index is 11.6. The van der Waals surface area contributed by atoms with Gasteiger partial charge in [-0.3, -0.25) is 4.79 Å². The minimum absolute atomic E-state index is 0.262. The van der Waals surface area contributed by atoms with E-state index in [0.717, 1.165) is 12.8 Å². The van der Waals surface area contributed by atoms with E-state index >= 15 is 0 Å². The summed E-state index contributed by atoms with van der Waals surface area (Å²) >= 11 is 0. The van der Waals surface area contributed by atoms with Gasteiger partial charge in [-0.15, -0.1) is 0 Å². The summed E-state index contributed by atoms with van der Waals surface area (Å²) in [5.74, 6) is 0. The first kappa shape index (κ1) is 17.8. The van der Waals surface area contributed by atoms with E-state index in [4.69, 9.17) is 10.1 Å². The fraction of sp³-hybridized carbons (Fsp3) is 0.625. The van der Waals surface area contributed by atoms with Crippen LogP contribution in [0.25, 0.3) is 0 Å². The average molecular weight is 324 g/mol. The number of aliphatic hydroxyl groups excluding tert-OH is 3. The normalized spacial score (nSPS) is 27.3. The Balaban J connectivity index is 2.25. The predicted molar refractivity (Wildman–Crippen MR) is 84.7 cm³/mol. The Hall–Kier alpha value is -1.54. The van der Waals surface area contributed by atoms with Crippen LogP contribution in [0.15, 0.2) is 16.9 Å². The van der Waals surface area contributed by atoms with Crippen molar-refractivity contribution in [2.24, 2.45) is 0 Å². The highest BCUT2D eigenvalue weighted by Crippen LogP contribution is 2.34. The second-order valence-corrected chi connectivity index (χ2v) is 5.90. The summed E-state index contributed by atoms with van der Waals surface area (Å²) in [6.07, 6.45) is -1.30. The van der Waals surface area contributed by atoms with Crippen LogP contribution in [0.5, 0.6) is 0 Å². The Labute approximate surface area is 134 Å². The number of unbranched alkanes of at least 4 members (excludes halogenated alkanes) is 1. The molecular weight excluding hydrogens is 300 g/mol. The lowest BCUT2D eigenvalue weighted by Gasteiger charge is -2.18. The molecule has 0 spiro atoms. The van der Waals surface area contributed by atoms with Crippen LogP contribution < -0.4 is 5.56 Å². The molecule has 1 aromatic rings. The number of aromatic nitrogens is 1. The number of nitrogens with one attached hydrogen (secondary N) is 2. The minimum atomic E-state index is -1.19. The Morgan fingerprint density at radius 3 is 2.70 bits per heavy atom. The van der Waals surface area contributed by atoms with E-state index in [0.29, 0.717) is 23.4 Å². The van der Waals surface area contributed by atoms with Crippen molar-refractivity contribution in [1.29, 1.82) is 5.41 Å². The molecule has 0 radical (unpaired) electrons. The van der Waals surface area contributed by atoms with Crippen molar-refractivity contribution in [3.05, 3.63) is 33.7 Å². The van der Waals surface area contributed by atoms with Crippen LogP contribution in [0.4, 0.5) is 0 Å². The highest BCUT2D eigenvalue weighted by Gasteiger charge is 2.43. The molecule has 1 aliphatic heterocycles. The van der Waals surface area contributed by atoms with Gasteiger partial charge in [-0.05, 0) is 18.9 Å². The van der Waals surface area contributed by atoms with Crippen LogP contribution in [0.1, 0.15) is 43.5 Å². The summed E-state index contributed by atoms with van der Waals surface area (Å²) in [6.45, 7) is 1.64. The number of hydrogen-bond donors (Lipinski definition) is 5. The second-order valence-electron chi connectivity index (χ2n) is 5.90. The minimum Gasteiger partial charge on any atom is -0.394 e. The van der Waals surface area contributed by atoms with Crippen LogP contribution >= 0.6 is 0 Å². The maximum atomic E-state index is 11.6. The number of rotatable bonds is 7. The zero-order chi connectivity index (χ0) is 17.0. The molecule has 128 valence electrons. The summed E-state index contributed by atoms with van der Waals surface area (Å²) < 4.78 is 5.52. The number of aliphatic hydroxyl groups is 3. The van der Waals surface area contributed by atoms with Gasteiger partial charge in [-0.2, -0.15) is 0 Å². The Morgan fingerprint density at radius 1 is 1.35 bits per heavy atom. The maximum Gasteiger partial charge on any atom is 0.248 e. The molecule has 23 heavy (non-hydrogen) atoms. The van der Waals surface area contributed by atoms with E-state index in [-0.39, 0.29) is 12.0 Å². The molecule has 5 N–H and O–H groups in total. The van der Waals surface area contributed by atoms with Gasteiger partial charge in [0.1, 0.15) is 24.4 Å². The van der Waals surface area contributed by atoms with Gasteiger partial charge in [-0.25, -0.2) is 0 Å². The standard InChI is InChI=1S/C16H24N2O5/c1-2-3-4-9(17)7-11-10(5-6-13(20)18-11)16-15(22)14(21)12(8-19)23-16/h5-6,12,14-17,19,21-22H,2-4,7-8H2,1H3,(H,18,20)/t12-,14-,15-,16+/m1/s1. The molecule has 0 aliphatic carbocycles. The van der Waals surface area contributed by atoms with Gasteiger partial charge in [0.05, 0.1) is 6.61 Å². The SMILES string of the molecule is CCCCC(=N)Cc1[nH]c(=O)ccc1[C@@H]1O[C@H](CO)[C@@H](O)[C@H]1O. The quantitative estimate of drug-likeness (QED) is 0.461. The number of H-pyrrole nitrogens is 1. The third-order valence-electron chi connectivity index (χ3n) is 4.11. The van der Waals surface area contributed by atoms with E-state index in [9.17, 15) is 20.1 Å². The van der Waals surface area contributed by atoms with Gasteiger partial charge in [-0.1, -0.05) is 13.3 Å². The number of pyridine rings is 1. The summed E-state index contributed by atoms with van der Waals surface area (Å²) in [5, 5.41) is 37.2. The van der Waals surface area contributed by atoms with Gasteiger partial charge in [0, 0.05) is 29.5 Å². The first-order valence-corrected chi connectivity index (χ1v) is 7.88. The molecule has 1 fully saturated rings. The van der Waals surface area contributed by atoms with Crippen molar-refractivity contribution in [3.63, 3.8) is 0 Å². The molecule has 0 amide bonds. The monoisotopic (exact) mass is 324 g/mol. The van der Waals surface area contributed by atoms with Crippen LogP contribution in [-0.2, 0) is 11.2 Å². The van der Waals surface area contributed by atoms with Crippen LogP contribution in [0.2, 0.25) is 0 Å². The zero-order valence-electron chi connectivity index (χ0n) is 13.2. The molecule has 1 aliphatic rings. The average Bonchev–Trinajstić information content (AvgIpc) is 2.81. The van der Waals surface area contributed by atoms with Crippen LogP contribution in [-0.4, -0.2) is 50.9 Å². The Kier molecular flexibility index (Phi) is 6.06. The first-order valence-electron chi connectivity index (χ1n) is 7.88. The predicted octanol–water partition coefficient (Wildman–Crippen LogP) is 0.281. The second kappa shape index (κ2) is 7.83. The van der Waals surface area contributed by atoms with Crippen molar-refractivity contribution in [3.8, 4) is 0 Å². The number of ether oxygens (including phenoxy) is 1. The number of hydrogen-bond acceptors (Lipinski definition) is 6. The first-order chi connectivity index (χ1) is 11.0. The van der Waals surface area contributed by atoms with Crippen molar-refractivity contribution in [2.45, 2.75) is 57.0 Å². The largest absolute Gasteiger partial charge is 0.394 e. The van der Waals surface area contributed by atoms with Gasteiger partial charge in [0.25, 0.3) is 0 Å². The molecule has 2 rings (SSSR count). The summed E-state index contributed by atoms with van der Waals surface area (Å²) in [4.78, 5) is 14.3. The molecule has 7 heteroatoms. The molecule has 0 saturated carbocycles. The molecule has 2 heterocycles. The fourth-order valence-electron chi connectivity index (χ4n) is 2.79. The third-order valence-corrected chi connectivity index (χ3v) is 4.11. The summed E-state index contributed by atoms with van der Waals surface area (Å²) in [7, 11) is 0. The van der Waals surface area contributed by atoms with E-state index in [1.165, 1.54) is 6.07 Å². The van der Waals surface area contributed by atoms with Crippen molar-refractivity contribution >= 4 is 5.71 Å². The summed E-state index contributed by atoms with van der Waals surface area (Å²) in [5.41, 5.74) is 1.24. The van der Waals surface area contributed by atoms with E-state index in [1.807, 2.05) is 6.92 Å². The van der Waals surface area contributed by atoms with Gasteiger partial charge in [0.15, 0.2) is 0 Å². The Bertz CT molecular complexity index is 600. The molecule has 0 unspecified atom stereocenters. The third kappa shape index (κ3) is 4.06.